The first-order chi connectivity index (χ1) is 15.6. The molecule has 2 aliphatic rings. The fourth-order valence-corrected chi connectivity index (χ4v) is 4.93. The van der Waals surface area contributed by atoms with Crippen LogP contribution in [0.15, 0.2) is 24.3 Å². The Morgan fingerprint density at radius 2 is 1.91 bits per heavy atom. The molecule has 2 aromatic heterocycles. The van der Waals surface area contributed by atoms with E-state index < -0.39 is 0 Å². The van der Waals surface area contributed by atoms with Crippen LogP contribution in [0.3, 0.4) is 0 Å². The number of nitrogens with two attached hydrogens (primary N) is 2. The van der Waals surface area contributed by atoms with Gasteiger partial charge in [0.05, 0.1) is 17.1 Å². The third-order valence-electron chi connectivity index (χ3n) is 6.69. The van der Waals surface area contributed by atoms with Crippen molar-refractivity contribution in [3.8, 4) is 11.3 Å². The number of hydrogen-bond donors (Lipinski definition) is 4. The van der Waals surface area contributed by atoms with Crippen molar-refractivity contribution < 1.29 is 4.79 Å². The van der Waals surface area contributed by atoms with Crippen LogP contribution in [-0.2, 0) is 4.79 Å². The highest BCUT2D eigenvalue weighted by molar-refractivity contribution is 5.91. The highest BCUT2D eigenvalue weighted by atomic mass is 16.2. The molecule has 2 fully saturated rings. The summed E-state index contributed by atoms with van der Waals surface area (Å²) in [6.45, 7) is 1.49. The van der Waals surface area contributed by atoms with Gasteiger partial charge in [-0.25, -0.2) is 4.98 Å². The Bertz CT molecular complexity index is 1120. The summed E-state index contributed by atoms with van der Waals surface area (Å²) in [5, 5.41) is 11.2. The molecule has 3 heterocycles. The molecule has 3 aromatic rings. The van der Waals surface area contributed by atoms with Gasteiger partial charge < -0.3 is 21.7 Å². The zero-order valence-electron chi connectivity index (χ0n) is 18.2. The van der Waals surface area contributed by atoms with Crippen molar-refractivity contribution in [2.75, 3.05) is 29.5 Å². The highest BCUT2D eigenvalue weighted by Crippen LogP contribution is 2.29. The number of nitrogen functional groups attached to an aromatic ring is 2. The number of anilines is 3. The maximum absolute atomic E-state index is 12.9. The van der Waals surface area contributed by atoms with E-state index >= 15 is 0 Å². The van der Waals surface area contributed by atoms with Crippen LogP contribution in [-0.4, -0.2) is 45.2 Å². The minimum atomic E-state index is -0.0327. The fraction of sp³-hybridized carbons (Fsp3) is 0.478. The van der Waals surface area contributed by atoms with Gasteiger partial charge in [-0.1, -0.05) is 25.3 Å². The van der Waals surface area contributed by atoms with Gasteiger partial charge in [0, 0.05) is 36.1 Å². The predicted molar refractivity (Wildman–Crippen MR) is 126 cm³/mol. The van der Waals surface area contributed by atoms with Crippen molar-refractivity contribution in [2.24, 2.45) is 5.92 Å². The Balaban J connectivity index is 1.34. The van der Waals surface area contributed by atoms with Crippen LogP contribution >= 0.6 is 0 Å². The maximum atomic E-state index is 12.9. The topological polar surface area (TPSA) is 139 Å². The van der Waals surface area contributed by atoms with Gasteiger partial charge in [-0.05, 0) is 37.8 Å². The van der Waals surface area contributed by atoms with Crippen molar-refractivity contribution in [3.05, 3.63) is 24.3 Å². The number of nitrogens with zero attached hydrogens (tertiary/aromatic N) is 4. The van der Waals surface area contributed by atoms with E-state index in [4.69, 9.17) is 11.5 Å². The van der Waals surface area contributed by atoms with Gasteiger partial charge in [-0.2, -0.15) is 10.1 Å². The van der Waals surface area contributed by atoms with Crippen molar-refractivity contribution in [3.63, 3.8) is 0 Å². The van der Waals surface area contributed by atoms with Crippen molar-refractivity contribution in [1.82, 2.24) is 25.5 Å². The number of rotatable bonds is 4. The molecular formula is C23H30N8O. The molecule has 0 spiro atoms. The third kappa shape index (κ3) is 4.19. The molecule has 32 heavy (non-hydrogen) atoms. The molecule has 5 rings (SSSR count). The lowest BCUT2D eigenvalue weighted by Crippen LogP contribution is -2.46. The second kappa shape index (κ2) is 8.64. The Hall–Kier alpha value is -3.36. The van der Waals surface area contributed by atoms with Crippen LogP contribution in [0, 0.1) is 5.92 Å². The largest absolute Gasteiger partial charge is 0.382 e. The van der Waals surface area contributed by atoms with E-state index in [1.54, 1.807) is 0 Å². The Kier molecular flexibility index (Phi) is 5.55. The lowest BCUT2D eigenvalue weighted by Gasteiger charge is -2.34. The van der Waals surface area contributed by atoms with Crippen LogP contribution in [0.5, 0.6) is 0 Å². The van der Waals surface area contributed by atoms with E-state index in [0.29, 0.717) is 18.4 Å². The van der Waals surface area contributed by atoms with Crippen LogP contribution in [0.4, 0.5) is 17.6 Å². The summed E-state index contributed by atoms with van der Waals surface area (Å²) in [5.74, 6) is 1.59. The molecule has 1 amide bonds. The number of piperidine rings is 1. The van der Waals surface area contributed by atoms with E-state index in [1.807, 2.05) is 24.3 Å². The molecular weight excluding hydrogens is 404 g/mol. The standard InChI is InChI=1S/C23H30N8O/c24-21-17-9-8-14(11-19(17)29-30-21)18-12-20(28-23(25)27-18)31-10-4-5-15(13-31)22(32)26-16-6-2-1-3-7-16/h8-9,11-12,15-16H,1-7,10,13H2,(H,26,32)(H3,24,29,30)(H2,25,27,28). The zero-order chi connectivity index (χ0) is 22.1. The first kappa shape index (κ1) is 20.5. The zero-order valence-corrected chi connectivity index (χ0v) is 18.2. The summed E-state index contributed by atoms with van der Waals surface area (Å²) >= 11 is 0. The normalized spacial score (nSPS) is 19.9. The summed E-state index contributed by atoms with van der Waals surface area (Å²) in [4.78, 5) is 24.0. The number of hydrogen-bond acceptors (Lipinski definition) is 7. The molecule has 1 aliphatic carbocycles. The van der Waals surface area contributed by atoms with Gasteiger partial charge in [-0.3, -0.25) is 9.89 Å². The number of carbonyl (C=O) groups excluding carboxylic acids is 1. The van der Waals surface area contributed by atoms with Crippen molar-refractivity contribution in [2.45, 2.75) is 51.0 Å². The SMILES string of the molecule is Nc1nc(-c2ccc3c(N)n[nH]c3c2)cc(N2CCCC(C(=O)NC3CCCCC3)C2)n1. The number of carbonyl (C=O) groups is 1. The minimum absolute atomic E-state index is 0.0327. The first-order valence-corrected chi connectivity index (χ1v) is 11.5. The molecule has 168 valence electrons. The van der Waals surface area contributed by atoms with E-state index in [9.17, 15) is 4.79 Å². The molecule has 1 saturated carbocycles. The van der Waals surface area contributed by atoms with Crippen molar-refractivity contribution in [1.29, 1.82) is 0 Å². The number of H-pyrrole nitrogens is 1. The van der Waals surface area contributed by atoms with E-state index in [0.717, 1.165) is 60.2 Å². The van der Waals surface area contributed by atoms with Crippen LogP contribution in [0.25, 0.3) is 22.2 Å². The Labute approximate surface area is 187 Å². The summed E-state index contributed by atoms with van der Waals surface area (Å²) < 4.78 is 0. The summed E-state index contributed by atoms with van der Waals surface area (Å²) in [6.07, 6.45) is 7.74. The molecule has 1 aromatic carbocycles. The van der Waals surface area contributed by atoms with Gasteiger partial charge >= 0.3 is 0 Å². The molecule has 9 nitrogen and oxygen atoms in total. The van der Waals surface area contributed by atoms with E-state index in [2.05, 4.69) is 30.4 Å². The van der Waals surface area contributed by atoms with Gasteiger partial charge in [0.2, 0.25) is 11.9 Å². The second-order valence-electron chi connectivity index (χ2n) is 8.97. The van der Waals surface area contributed by atoms with Crippen LogP contribution in [0.2, 0.25) is 0 Å². The van der Waals surface area contributed by atoms with Gasteiger partial charge in [-0.15, -0.1) is 0 Å². The second-order valence-corrected chi connectivity index (χ2v) is 8.97. The number of fused-ring (bicyclic) bond motifs is 1. The number of benzene rings is 1. The quantitative estimate of drug-likeness (QED) is 0.495. The van der Waals surface area contributed by atoms with Crippen molar-refractivity contribution >= 4 is 34.4 Å². The number of aromatic amines is 1. The molecule has 0 radical (unpaired) electrons. The molecule has 1 saturated heterocycles. The third-order valence-corrected chi connectivity index (χ3v) is 6.69. The highest BCUT2D eigenvalue weighted by Gasteiger charge is 2.28. The monoisotopic (exact) mass is 434 g/mol. The maximum Gasteiger partial charge on any atom is 0.225 e. The summed E-state index contributed by atoms with van der Waals surface area (Å²) in [6, 6.07) is 8.11. The summed E-state index contributed by atoms with van der Waals surface area (Å²) in [7, 11) is 0. The molecule has 0 bridgehead atoms. The van der Waals surface area contributed by atoms with E-state index in [1.165, 1.54) is 19.3 Å². The minimum Gasteiger partial charge on any atom is -0.382 e. The lowest BCUT2D eigenvalue weighted by atomic mass is 9.93. The Morgan fingerprint density at radius 3 is 2.75 bits per heavy atom. The molecule has 1 unspecified atom stereocenters. The first-order valence-electron chi connectivity index (χ1n) is 11.5. The summed E-state index contributed by atoms with van der Waals surface area (Å²) in [5.41, 5.74) is 14.4. The van der Waals surface area contributed by atoms with Gasteiger partial charge in [0.15, 0.2) is 5.82 Å². The molecule has 9 heteroatoms. The average molecular weight is 435 g/mol. The van der Waals surface area contributed by atoms with E-state index in [-0.39, 0.29) is 17.8 Å². The van der Waals surface area contributed by atoms with Crippen LogP contribution < -0.4 is 21.7 Å². The average Bonchev–Trinajstić information content (AvgIpc) is 3.19. The smallest absolute Gasteiger partial charge is 0.225 e. The lowest BCUT2D eigenvalue weighted by molar-refractivity contribution is -0.126. The molecule has 1 atom stereocenters. The van der Waals surface area contributed by atoms with Gasteiger partial charge in [0.25, 0.3) is 0 Å². The number of amides is 1. The van der Waals surface area contributed by atoms with Gasteiger partial charge in [0.1, 0.15) is 5.82 Å². The number of nitrogens with one attached hydrogen (secondary N) is 2. The number of aromatic nitrogens is 4. The molecule has 1 aliphatic heterocycles. The van der Waals surface area contributed by atoms with Crippen LogP contribution in [0.1, 0.15) is 44.9 Å². The Morgan fingerprint density at radius 1 is 1.06 bits per heavy atom. The fourth-order valence-electron chi connectivity index (χ4n) is 4.93. The molecule has 6 N–H and O–H groups in total. The predicted octanol–water partition coefficient (Wildman–Crippen LogP) is 2.85.